The van der Waals surface area contributed by atoms with Crippen molar-refractivity contribution in [3.63, 3.8) is 0 Å². The molecule has 1 N–H and O–H groups in total. The summed E-state index contributed by atoms with van der Waals surface area (Å²) in [7, 11) is 0. The lowest BCUT2D eigenvalue weighted by atomic mass is 10.0. The molecule has 2 amide bonds. The molecule has 1 saturated heterocycles. The van der Waals surface area contributed by atoms with Crippen LogP contribution in [0.4, 0.5) is 10.1 Å². The zero-order valence-corrected chi connectivity index (χ0v) is 17.9. The van der Waals surface area contributed by atoms with Gasteiger partial charge in [-0.2, -0.15) is 0 Å². The molecule has 0 atom stereocenters. The summed E-state index contributed by atoms with van der Waals surface area (Å²) >= 11 is 5.90. The van der Waals surface area contributed by atoms with Crippen molar-refractivity contribution < 1.29 is 14.0 Å². The van der Waals surface area contributed by atoms with Crippen LogP contribution in [0.2, 0.25) is 5.02 Å². The molecule has 2 aromatic carbocycles. The van der Waals surface area contributed by atoms with Crippen LogP contribution in [0, 0.1) is 5.82 Å². The summed E-state index contributed by atoms with van der Waals surface area (Å²) < 4.78 is 13.9. The smallest absolute Gasteiger partial charge is 0.253 e. The molecule has 0 aliphatic carbocycles. The molecule has 1 aliphatic rings. The van der Waals surface area contributed by atoms with E-state index in [0.717, 1.165) is 25.8 Å². The number of hydrogen-bond acceptors (Lipinski definition) is 3. The number of nitrogens with one attached hydrogen (secondary N) is 1. The summed E-state index contributed by atoms with van der Waals surface area (Å²) in [6.45, 7) is 4.32. The lowest BCUT2D eigenvalue weighted by Gasteiger charge is -2.38. The van der Waals surface area contributed by atoms with Gasteiger partial charge in [0.25, 0.3) is 5.91 Å². The third-order valence-electron chi connectivity index (χ3n) is 5.35. The fourth-order valence-corrected chi connectivity index (χ4v) is 4.01. The first-order valence-corrected chi connectivity index (χ1v) is 10.7. The minimum Gasteiger partial charge on any atom is -0.339 e. The molecular weight excluding hydrogens is 405 g/mol. The van der Waals surface area contributed by atoms with Gasteiger partial charge in [0.15, 0.2) is 0 Å². The molecule has 0 aromatic heterocycles. The van der Waals surface area contributed by atoms with E-state index in [4.69, 9.17) is 11.6 Å². The molecule has 5 nitrogen and oxygen atoms in total. The first kappa shape index (κ1) is 22.2. The quantitative estimate of drug-likeness (QED) is 0.705. The molecule has 1 fully saturated rings. The first-order chi connectivity index (χ1) is 14.5. The maximum absolute atomic E-state index is 13.9. The van der Waals surface area contributed by atoms with Gasteiger partial charge in [0.1, 0.15) is 5.82 Å². The number of nitrogens with zero attached hydrogens (tertiary/aromatic N) is 2. The number of carbonyl (C=O) groups excluding carboxylic acids is 2. The van der Waals surface area contributed by atoms with Crippen LogP contribution in [0.5, 0.6) is 0 Å². The molecule has 3 rings (SSSR count). The van der Waals surface area contributed by atoms with Gasteiger partial charge in [0.2, 0.25) is 5.91 Å². The predicted molar refractivity (Wildman–Crippen MR) is 117 cm³/mol. The number of halogens is 2. The first-order valence-electron chi connectivity index (χ1n) is 10.3. The van der Waals surface area contributed by atoms with Gasteiger partial charge in [-0.05, 0) is 56.1 Å². The second-order valence-electron chi connectivity index (χ2n) is 7.53. The van der Waals surface area contributed by atoms with Crippen LogP contribution >= 0.6 is 11.6 Å². The van der Waals surface area contributed by atoms with Gasteiger partial charge in [-0.3, -0.25) is 14.5 Å². The molecule has 2 aromatic rings. The highest BCUT2D eigenvalue weighted by atomic mass is 35.5. The average Bonchev–Trinajstić information content (AvgIpc) is 2.76. The van der Waals surface area contributed by atoms with Crippen molar-refractivity contribution in [1.82, 2.24) is 9.80 Å². The van der Waals surface area contributed by atoms with Gasteiger partial charge in [0, 0.05) is 29.7 Å². The Morgan fingerprint density at radius 3 is 2.53 bits per heavy atom. The van der Waals surface area contributed by atoms with Crippen molar-refractivity contribution in [2.45, 2.75) is 32.2 Å². The summed E-state index contributed by atoms with van der Waals surface area (Å²) in [5.41, 5.74) is 0.788. The van der Waals surface area contributed by atoms with Gasteiger partial charge < -0.3 is 10.2 Å². The summed E-state index contributed by atoms with van der Waals surface area (Å²) in [4.78, 5) is 29.2. The highest BCUT2D eigenvalue weighted by Crippen LogP contribution is 2.21. The Morgan fingerprint density at radius 1 is 1.17 bits per heavy atom. The van der Waals surface area contributed by atoms with E-state index in [1.54, 1.807) is 0 Å². The van der Waals surface area contributed by atoms with Crippen molar-refractivity contribution in [3.05, 3.63) is 64.9 Å². The molecule has 30 heavy (non-hydrogen) atoms. The van der Waals surface area contributed by atoms with Crippen molar-refractivity contribution in [2.24, 2.45) is 0 Å². The fraction of sp³-hybridized carbons (Fsp3) is 0.391. The number of benzene rings is 2. The van der Waals surface area contributed by atoms with Crippen LogP contribution in [-0.2, 0) is 4.79 Å². The molecule has 0 spiro atoms. The van der Waals surface area contributed by atoms with Crippen LogP contribution in [-0.4, -0.2) is 53.8 Å². The standard InChI is InChI=1S/C23H27ClFN3O2/c1-2-12-28(16-22(29)26-21-15-18(24)8-9-20(21)25)19-10-13-27(14-11-19)23(30)17-6-4-3-5-7-17/h3-9,15,19H,2,10-14,16H2,1H3,(H,26,29). The number of hydrogen-bond donors (Lipinski definition) is 1. The number of carbonyl (C=O) groups is 2. The van der Waals surface area contributed by atoms with E-state index in [9.17, 15) is 14.0 Å². The van der Waals surface area contributed by atoms with Gasteiger partial charge in [-0.15, -0.1) is 0 Å². The summed E-state index contributed by atoms with van der Waals surface area (Å²) in [5.74, 6) is -0.736. The lowest BCUT2D eigenvalue weighted by Crippen LogP contribution is -2.49. The van der Waals surface area contributed by atoms with Crippen LogP contribution < -0.4 is 5.32 Å². The van der Waals surface area contributed by atoms with Crippen molar-refractivity contribution in [1.29, 1.82) is 0 Å². The Kier molecular flexibility index (Phi) is 7.82. The van der Waals surface area contributed by atoms with Gasteiger partial charge in [-0.25, -0.2) is 4.39 Å². The maximum atomic E-state index is 13.9. The summed E-state index contributed by atoms with van der Waals surface area (Å²) in [6, 6.07) is 13.6. The predicted octanol–water partition coefficient (Wildman–Crippen LogP) is 4.43. The second kappa shape index (κ2) is 10.5. The van der Waals surface area contributed by atoms with Crippen LogP contribution in [0.15, 0.2) is 48.5 Å². The Labute approximate surface area is 181 Å². The second-order valence-corrected chi connectivity index (χ2v) is 7.97. The number of amides is 2. The van der Waals surface area contributed by atoms with Crippen LogP contribution in [0.25, 0.3) is 0 Å². The summed E-state index contributed by atoms with van der Waals surface area (Å²) in [5, 5.41) is 2.99. The lowest BCUT2D eigenvalue weighted by molar-refractivity contribution is -0.118. The third-order valence-corrected chi connectivity index (χ3v) is 5.58. The van der Waals surface area contributed by atoms with Crippen molar-refractivity contribution >= 4 is 29.1 Å². The molecule has 0 bridgehead atoms. The monoisotopic (exact) mass is 431 g/mol. The minimum atomic E-state index is -0.512. The fourth-order valence-electron chi connectivity index (χ4n) is 3.84. The molecule has 0 saturated carbocycles. The number of likely N-dealkylation sites (tertiary alicyclic amines) is 1. The molecule has 0 unspecified atom stereocenters. The number of rotatable bonds is 7. The van der Waals surface area contributed by atoms with E-state index in [2.05, 4.69) is 17.1 Å². The minimum absolute atomic E-state index is 0.0465. The molecule has 160 valence electrons. The molecular formula is C23H27ClFN3O2. The van der Waals surface area contributed by atoms with Crippen molar-refractivity contribution in [3.8, 4) is 0 Å². The third kappa shape index (κ3) is 5.80. The largest absolute Gasteiger partial charge is 0.339 e. The zero-order chi connectivity index (χ0) is 21.5. The Balaban J connectivity index is 1.57. The van der Waals surface area contributed by atoms with E-state index in [1.165, 1.54) is 18.2 Å². The highest BCUT2D eigenvalue weighted by Gasteiger charge is 2.28. The Morgan fingerprint density at radius 2 is 1.87 bits per heavy atom. The van der Waals surface area contributed by atoms with Crippen molar-refractivity contribution in [2.75, 3.05) is 31.5 Å². The topological polar surface area (TPSA) is 52.7 Å². The van der Waals surface area contributed by atoms with Gasteiger partial charge in [-0.1, -0.05) is 36.7 Å². The summed E-state index contributed by atoms with van der Waals surface area (Å²) in [6.07, 6.45) is 2.51. The number of anilines is 1. The number of piperidine rings is 1. The molecule has 1 aliphatic heterocycles. The SMILES string of the molecule is CCCN(CC(=O)Nc1cc(Cl)ccc1F)C1CCN(C(=O)c2ccccc2)CC1. The van der Waals surface area contributed by atoms with E-state index in [0.29, 0.717) is 23.7 Å². The van der Waals surface area contributed by atoms with Crippen LogP contribution in [0.3, 0.4) is 0 Å². The van der Waals surface area contributed by atoms with Gasteiger partial charge in [0.05, 0.1) is 12.2 Å². The van der Waals surface area contributed by atoms with E-state index in [-0.39, 0.29) is 30.1 Å². The maximum Gasteiger partial charge on any atom is 0.253 e. The molecule has 1 heterocycles. The Bertz CT molecular complexity index is 870. The highest BCUT2D eigenvalue weighted by molar-refractivity contribution is 6.30. The average molecular weight is 432 g/mol. The molecule has 0 radical (unpaired) electrons. The van der Waals surface area contributed by atoms with E-state index >= 15 is 0 Å². The van der Waals surface area contributed by atoms with Crippen LogP contribution in [0.1, 0.15) is 36.5 Å². The van der Waals surface area contributed by atoms with E-state index in [1.807, 2.05) is 35.2 Å². The van der Waals surface area contributed by atoms with Gasteiger partial charge >= 0.3 is 0 Å². The molecule has 7 heteroatoms. The van der Waals surface area contributed by atoms with E-state index < -0.39 is 5.82 Å². The Hall–Kier alpha value is -2.44. The zero-order valence-electron chi connectivity index (χ0n) is 17.1. The normalized spacial score (nSPS) is 14.7.